The fourth-order valence-corrected chi connectivity index (χ4v) is 1.54. The average molecular weight is 204 g/mol. The molecule has 1 saturated heterocycles. The Labute approximate surface area is 81.9 Å². The van der Waals surface area contributed by atoms with Gasteiger partial charge < -0.3 is 20.6 Å². The number of hydrogen-bond acceptors (Lipinski definition) is 5. The molecule has 0 aromatic carbocycles. The lowest BCUT2D eigenvalue weighted by Crippen LogP contribution is -2.47. The number of aliphatic hydroxyl groups excluding tert-OH is 3. The monoisotopic (exact) mass is 204 g/mol. The van der Waals surface area contributed by atoms with E-state index in [4.69, 9.17) is 5.11 Å². The smallest absolute Gasteiger partial charge is 0.239 e. The van der Waals surface area contributed by atoms with Crippen molar-refractivity contribution in [1.29, 1.82) is 0 Å². The molecule has 14 heavy (non-hydrogen) atoms. The van der Waals surface area contributed by atoms with Gasteiger partial charge in [-0.25, -0.2) is 0 Å². The molecule has 1 rings (SSSR count). The number of likely N-dealkylation sites (N-methyl/N-ethyl adjacent to an activating group) is 1. The average Bonchev–Trinajstić information content (AvgIpc) is 2.44. The van der Waals surface area contributed by atoms with Gasteiger partial charge >= 0.3 is 0 Å². The number of rotatable bonds is 3. The summed E-state index contributed by atoms with van der Waals surface area (Å²) in [6.45, 7) is 1.91. The molecule has 1 heterocycles. The van der Waals surface area contributed by atoms with Crippen LogP contribution in [0.2, 0.25) is 0 Å². The van der Waals surface area contributed by atoms with E-state index in [9.17, 15) is 15.0 Å². The molecule has 1 aliphatic rings. The van der Waals surface area contributed by atoms with Crippen LogP contribution in [0.3, 0.4) is 0 Å². The summed E-state index contributed by atoms with van der Waals surface area (Å²) in [6.07, 6.45) is -2.27. The molecule has 1 amide bonds. The lowest BCUT2D eigenvalue weighted by molar-refractivity contribution is -0.125. The highest BCUT2D eigenvalue weighted by molar-refractivity contribution is 5.83. The predicted molar refractivity (Wildman–Crippen MR) is 48.5 cm³/mol. The van der Waals surface area contributed by atoms with E-state index in [0.717, 1.165) is 0 Å². The van der Waals surface area contributed by atoms with E-state index in [1.54, 1.807) is 6.92 Å². The fourth-order valence-electron chi connectivity index (χ4n) is 1.54. The summed E-state index contributed by atoms with van der Waals surface area (Å²) in [6, 6.07) is -1.49. The highest BCUT2D eigenvalue weighted by atomic mass is 16.3. The van der Waals surface area contributed by atoms with Gasteiger partial charge in [-0.1, -0.05) is 0 Å². The van der Waals surface area contributed by atoms with Crippen molar-refractivity contribution in [1.82, 2.24) is 10.6 Å². The van der Waals surface area contributed by atoms with Crippen molar-refractivity contribution >= 4 is 5.91 Å². The van der Waals surface area contributed by atoms with Crippen LogP contribution in [0.4, 0.5) is 0 Å². The molecule has 4 atom stereocenters. The van der Waals surface area contributed by atoms with Crippen molar-refractivity contribution in [3.8, 4) is 0 Å². The van der Waals surface area contributed by atoms with E-state index < -0.39 is 24.3 Å². The van der Waals surface area contributed by atoms with E-state index >= 15 is 0 Å². The number of carbonyl (C=O) groups is 1. The summed E-state index contributed by atoms with van der Waals surface area (Å²) >= 11 is 0. The first kappa shape index (κ1) is 11.4. The number of amides is 1. The van der Waals surface area contributed by atoms with E-state index in [-0.39, 0.29) is 12.5 Å². The summed E-state index contributed by atoms with van der Waals surface area (Å²) in [5.74, 6) is -0.366. The fraction of sp³-hybridized carbons (Fsp3) is 0.875. The van der Waals surface area contributed by atoms with Crippen LogP contribution < -0.4 is 10.6 Å². The number of carbonyl (C=O) groups excluding carboxylic acids is 1. The number of nitrogens with one attached hydrogen (secondary N) is 2. The highest BCUT2D eigenvalue weighted by Crippen LogP contribution is 2.14. The zero-order valence-corrected chi connectivity index (χ0v) is 7.97. The molecule has 82 valence electrons. The first-order valence-electron chi connectivity index (χ1n) is 4.62. The Morgan fingerprint density at radius 1 is 1.43 bits per heavy atom. The van der Waals surface area contributed by atoms with Crippen LogP contribution in [0.15, 0.2) is 0 Å². The first-order chi connectivity index (χ1) is 6.61. The summed E-state index contributed by atoms with van der Waals surface area (Å²) < 4.78 is 0. The van der Waals surface area contributed by atoms with Gasteiger partial charge in [0.25, 0.3) is 0 Å². The SMILES string of the molecule is CCNC(=O)[C@H]1N[C@H](CO)[C@@H](O)[C@@H]1O. The second-order valence-electron chi connectivity index (χ2n) is 3.31. The predicted octanol–water partition coefficient (Wildman–Crippen LogP) is -2.82. The van der Waals surface area contributed by atoms with Crippen molar-refractivity contribution in [2.45, 2.75) is 31.2 Å². The number of aliphatic hydroxyl groups is 3. The molecule has 0 aliphatic carbocycles. The van der Waals surface area contributed by atoms with Gasteiger partial charge in [-0.2, -0.15) is 0 Å². The summed E-state index contributed by atoms with van der Waals surface area (Å²) in [5, 5.41) is 32.9. The van der Waals surface area contributed by atoms with Crippen LogP contribution >= 0.6 is 0 Å². The van der Waals surface area contributed by atoms with Crippen molar-refractivity contribution in [3.05, 3.63) is 0 Å². The first-order valence-corrected chi connectivity index (χ1v) is 4.62. The van der Waals surface area contributed by atoms with E-state index in [0.29, 0.717) is 6.54 Å². The molecule has 0 aromatic rings. The van der Waals surface area contributed by atoms with Crippen molar-refractivity contribution in [2.24, 2.45) is 0 Å². The lowest BCUT2D eigenvalue weighted by atomic mass is 10.1. The quantitative estimate of drug-likeness (QED) is 0.341. The van der Waals surface area contributed by atoms with Gasteiger partial charge in [0.05, 0.1) is 18.8 Å². The van der Waals surface area contributed by atoms with Crippen LogP contribution in [0.5, 0.6) is 0 Å². The molecule has 1 aliphatic heterocycles. The Hall–Kier alpha value is -0.690. The zero-order valence-electron chi connectivity index (χ0n) is 7.97. The normalized spacial score (nSPS) is 37.1. The van der Waals surface area contributed by atoms with Crippen molar-refractivity contribution < 1.29 is 20.1 Å². The Morgan fingerprint density at radius 2 is 2.07 bits per heavy atom. The zero-order chi connectivity index (χ0) is 10.7. The minimum absolute atomic E-state index is 0.311. The van der Waals surface area contributed by atoms with Gasteiger partial charge in [0.1, 0.15) is 12.1 Å². The van der Waals surface area contributed by atoms with E-state index in [2.05, 4.69) is 10.6 Å². The third-order valence-electron chi connectivity index (χ3n) is 2.33. The van der Waals surface area contributed by atoms with Gasteiger partial charge in [0, 0.05) is 6.54 Å². The summed E-state index contributed by atoms with van der Waals surface area (Å²) in [7, 11) is 0. The second-order valence-corrected chi connectivity index (χ2v) is 3.31. The molecule has 0 bridgehead atoms. The molecular formula is C8H16N2O4. The molecule has 0 spiro atoms. The Kier molecular flexibility index (Phi) is 3.82. The second kappa shape index (κ2) is 4.70. The molecule has 0 radical (unpaired) electrons. The summed E-state index contributed by atoms with van der Waals surface area (Å²) in [5.41, 5.74) is 0. The van der Waals surface area contributed by atoms with Crippen LogP contribution in [0.1, 0.15) is 6.92 Å². The standard InChI is InChI=1S/C8H16N2O4/c1-2-9-8(14)5-7(13)6(12)4(3-11)10-5/h4-7,10-13H,2-3H2,1H3,(H,9,14)/t4-,5+,6-,7-/m1/s1. The van der Waals surface area contributed by atoms with Crippen LogP contribution in [-0.2, 0) is 4.79 Å². The van der Waals surface area contributed by atoms with Gasteiger partial charge in [0.2, 0.25) is 5.91 Å². The lowest BCUT2D eigenvalue weighted by Gasteiger charge is -2.14. The largest absolute Gasteiger partial charge is 0.395 e. The Morgan fingerprint density at radius 3 is 2.50 bits per heavy atom. The molecule has 1 fully saturated rings. The van der Waals surface area contributed by atoms with E-state index in [1.165, 1.54) is 0 Å². The van der Waals surface area contributed by atoms with Crippen LogP contribution in [0.25, 0.3) is 0 Å². The maximum Gasteiger partial charge on any atom is 0.239 e. The maximum atomic E-state index is 11.3. The molecular weight excluding hydrogens is 188 g/mol. The van der Waals surface area contributed by atoms with Gasteiger partial charge in [-0.3, -0.25) is 10.1 Å². The van der Waals surface area contributed by atoms with Crippen LogP contribution in [-0.4, -0.2) is 58.7 Å². The topological polar surface area (TPSA) is 102 Å². The van der Waals surface area contributed by atoms with Gasteiger partial charge in [0.15, 0.2) is 0 Å². The molecule has 0 unspecified atom stereocenters. The highest BCUT2D eigenvalue weighted by Gasteiger charge is 2.43. The van der Waals surface area contributed by atoms with Crippen molar-refractivity contribution in [2.75, 3.05) is 13.2 Å². The summed E-state index contributed by atoms with van der Waals surface area (Å²) in [4.78, 5) is 11.3. The van der Waals surface area contributed by atoms with Gasteiger partial charge in [-0.05, 0) is 6.92 Å². The number of hydrogen-bond donors (Lipinski definition) is 5. The molecule has 0 saturated carbocycles. The molecule has 6 heteroatoms. The third-order valence-corrected chi connectivity index (χ3v) is 2.33. The van der Waals surface area contributed by atoms with Crippen molar-refractivity contribution in [3.63, 3.8) is 0 Å². The third kappa shape index (κ3) is 2.03. The van der Waals surface area contributed by atoms with Gasteiger partial charge in [-0.15, -0.1) is 0 Å². The minimum Gasteiger partial charge on any atom is -0.395 e. The maximum absolute atomic E-state index is 11.3. The Balaban J connectivity index is 2.60. The molecule has 6 nitrogen and oxygen atoms in total. The minimum atomic E-state index is -1.17. The van der Waals surface area contributed by atoms with E-state index in [1.807, 2.05) is 0 Å². The molecule has 0 aromatic heterocycles. The van der Waals surface area contributed by atoms with Crippen LogP contribution in [0, 0.1) is 0 Å². The Bertz CT molecular complexity index is 212. The molecule has 5 N–H and O–H groups in total.